The highest BCUT2D eigenvalue weighted by molar-refractivity contribution is 5.73. The quantitative estimate of drug-likeness (QED) is 0.774. The molecule has 92 valence electrons. The molecule has 0 unspecified atom stereocenters. The number of carbonyl (C=O) groups is 1. The van der Waals surface area contributed by atoms with Gasteiger partial charge in [-0.25, -0.2) is 4.39 Å². The molecule has 0 bridgehead atoms. The van der Waals surface area contributed by atoms with Crippen molar-refractivity contribution in [3.8, 4) is 0 Å². The van der Waals surface area contributed by atoms with Crippen molar-refractivity contribution in [2.45, 2.75) is 13.5 Å². The fraction of sp³-hybridized carbons (Fsp3) is 0.462. The van der Waals surface area contributed by atoms with Gasteiger partial charge in [0, 0.05) is 12.5 Å². The lowest BCUT2D eigenvalue weighted by atomic mass is 10.2. The van der Waals surface area contributed by atoms with Crippen molar-refractivity contribution >= 4 is 5.91 Å². The largest absolute Gasteiger partial charge is 0.332 e. The van der Waals surface area contributed by atoms with Crippen LogP contribution in [0.4, 0.5) is 4.39 Å². The van der Waals surface area contributed by atoms with E-state index in [2.05, 4.69) is 0 Å². The summed E-state index contributed by atoms with van der Waals surface area (Å²) in [7, 11) is 0. The van der Waals surface area contributed by atoms with Gasteiger partial charge in [0.25, 0.3) is 0 Å². The molecule has 1 fully saturated rings. The molecule has 1 aromatic carbocycles. The smallest absolute Gasteiger partial charge is 0.219 e. The number of amides is 1. The van der Waals surface area contributed by atoms with Crippen LogP contribution in [0.25, 0.3) is 0 Å². The first-order valence-corrected chi connectivity index (χ1v) is 5.98. The van der Waals surface area contributed by atoms with Crippen LogP contribution in [0, 0.1) is 5.82 Å². The Hall–Kier alpha value is -1.42. The van der Waals surface area contributed by atoms with Crippen LogP contribution in [0.1, 0.15) is 12.5 Å². The highest BCUT2D eigenvalue weighted by Gasteiger charge is 2.21. The third-order valence-electron chi connectivity index (χ3n) is 3.28. The predicted molar refractivity (Wildman–Crippen MR) is 63.1 cm³/mol. The van der Waals surface area contributed by atoms with Crippen LogP contribution in [0.2, 0.25) is 0 Å². The summed E-state index contributed by atoms with van der Waals surface area (Å²) < 4.78 is 12.8. The predicted octanol–water partition coefficient (Wildman–Crippen LogP) is 0.0727. The Bertz CT molecular complexity index is 383. The summed E-state index contributed by atoms with van der Waals surface area (Å²) in [5.41, 5.74) is 1.15. The molecule has 1 aliphatic rings. The van der Waals surface area contributed by atoms with Crippen LogP contribution in [0.5, 0.6) is 0 Å². The summed E-state index contributed by atoms with van der Waals surface area (Å²) in [6.45, 7) is 6.11. The molecule has 2 rings (SSSR count). The van der Waals surface area contributed by atoms with E-state index in [0.29, 0.717) is 0 Å². The molecule has 0 radical (unpaired) electrons. The van der Waals surface area contributed by atoms with Crippen LogP contribution < -0.4 is 4.90 Å². The minimum Gasteiger partial charge on any atom is -0.332 e. The minimum absolute atomic E-state index is 0.158. The first-order valence-electron chi connectivity index (χ1n) is 5.98. The van der Waals surface area contributed by atoms with E-state index in [1.165, 1.54) is 17.0 Å². The van der Waals surface area contributed by atoms with Gasteiger partial charge in [0.1, 0.15) is 12.4 Å². The van der Waals surface area contributed by atoms with Crippen molar-refractivity contribution in [3.05, 3.63) is 35.6 Å². The Labute approximate surface area is 101 Å². The number of hydrogen-bond donors (Lipinski definition) is 1. The van der Waals surface area contributed by atoms with E-state index in [1.54, 1.807) is 6.92 Å². The number of hydrogen-bond acceptors (Lipinski definition) is 1. The van der Waals surface area contributed by atoms with Crippen LogP contribution >= 0.6 is 0 Å². The molecule has 3 nitrogen and oxygen atoms in total. The summed E-state index contributed by atoms with van der Waals surface area (Å²) in [5, 5.41) is 0. The lowest BCUT2D eigenvalue weighted by Crippen LogP contribution is -3.13. The van der Waals surface area contributed by atoms with E-state index in [1.807, 2.05) is 17.0 Å². The zero-order valence-electron chi connectivity index (χ0n) is 10.1. The molecule has 1 N–H and O–H groups in total. The number of rotatable bonds is 2. The maximum Gasteiger partial charge on any atom is 0.219 e. The molecule has 0 saturated carbocycles. The lowest BCUT2D eigenvalue weighted by molar-refractivity contribution is -0.917. The van der Waals surface area contributed by atoms with Crippen molar-refractivity contribution < 1.29 is 14.1 Å². The Morgan fingerprint density at radius 1 is 1.29 bits per heavy atom. The van der Waals surface area contributed by atoms with E-state index in [9.17, 15) is 9.18 Å². The number of nitrogens with zero attached hydrogens (tertiary/aromatic N) is 1. The van der Waals surface area contributed by atoms with Crippen LogP contribution in [0.3, 0.4) is 0 Å². The fourth-order valence-electron chi connectivity index (χ4n) is 2.21. The van der Waals surface area contributed by atoms with E-state index >= 15 is 0 Å². The van der Waals surface area contributed by atoms with Gasteiger partial charge < -0.3 is 9.80 Å². The summed E-state index contributed by atoms with van der Waals surface area (Å²) >= 11 is 0. The molecule has 17 heavy (non-hydrogen) atoms. The molecular formula is C13H18FN2O+. The van der Waals surface area contributed by atoms with Gasteiger partial charge in [0.15, 0.2) is 0 Å². The number of carbonyl (C=O) groups excluding carboxylic acids is 1. The second-order valence-electron chi connectivity index (χ2n) is 4.56. The molecule has 1 aliphatic heterocycles. The molecule has 1 saturated heterocycles. The second-order valence-corrected chi connectivity index (χ2v) is 4.56. The summed E-state index contributed by atoms with van der Waals surface area (Å²) in [6.07, 6.45) is 0. The molecule has 0 spiro atoms. The van der Waals surface area contributed by atoms with Crippen molar-refractivity contribution in [2.75, 3.05) is 26.2 Å². The van der Waals surface area contributed by atoms with Gasteiger partial charge in [0.05, 0.1) is 26.2 Å². The van der Waals surface area contributed by atoms with Gasteiger partial charge in [-0.15, -0.1) is 0 Å². The van der Waals surface area contributed by atoms with Crippen LogP contribution in [0.15, 0.2) is 24.3 Å². The number of quaternary nitrogens is 1. The lowest BCUT2D eigenvalue weighted by Gasteiger charge is -2.31. The van der Waals surface area contributed by atoms with E-state index in [-0.39, 0.29) is 11.7 Å². The Kier molecular flexibility index (Phi) is 3.74. The van der Waals surface area contributed by atoms with Crippen molar-refractivity contribution in [3.63, 3.8) is 0 Å². The third-order valence-corrected chi connectivity index (χ3v) is 3.28. The minimum atomic E-state index is -0.190. The number of piperazine rings is 1. The zero-order chi connectivity index (χ0) is 12.3. The molecule has 4 heteroatoms. The molecule has 1 aromatic rings. The molecule has 0 atom stereocenters. The van der Waals surface area contributed by atoms with Gasteiger partial charge in [0.2, 0.25) is 5.91 Å². The average molecular weight is 237 g/mol. The normalized spacial score (nSPS) is 17.2. The fourth-order valence-corrected chi connectivity index (χ4v) is 2.21. The van der Waals surface area contributed by atoms with Crippen LogP contribution in [-0.4, -0.2) is 37.0 Å². The first-order chi connectivity index (χ1) is 8.15. The maximum atomic E-state index is 12.8. The Morgan fingerprint density at radius 3 is 2.41 bits per heavy atom. The van der Waals surface area contributed by atoms with Gasteiger partial charge in [-0.05, 0) is 12.1 Å². The van der Waals surface area contributed by atoms with E-state index in [0.717, 1.165) is 38.3 Å². The topological polar surface area (TPSA) is 24.8 Å². The molecule has 0 aliphatic carbocycles. The van der Waals surface area contributed by atoms with Crippen molar-refractivity contribution in [2.24, 2.45) is 0 Å². The average Bonchev–Trinajstić information content (AvgIpc) is 2.33. The summed E-state index contributed by atoms with van der Waals surface area (Å²) in [5.74, 6) is -0.0315. The van der Waals surface area contributed by atoms with Gasteiger partial charge >= 0.3 is 0 Å². The van der Waals surface area contributed by atoms with Gasteiger partial charge in [-0.2, -0.15) is 0 Å². The van der Waals surface area contributed by atoms with Crippen molar-refractivity contribution in [1.82, 2.24) is 4.90 Å². The molecular weight excluding hydrogens is 219 g/mol. The Balaban J connectivity index is 1.85. The Morgan fingerprint density at radius 2 is 1.88 bits per heavy atom. The van der Waals surface area contributed by atoms with Gasteiger partial charge in [-0.3, -0.25) is 4.79 Å². The third kappa shape index (κ3) is 3.27. The first kappa shape index (κ1) is 12.0. The number of halogens is 1. The number of benzene rings is 1. The second kappa shape index (κ2) is 5.27. The number of nitrogens with one attached hydrogen (secondary N) is 1. The van der Waals surface area contributed by atoms with Crippen LogP contribution in [-0.2, 0) is 11.3 Å². The standard InChI is InChI=1S/C13H17FN2O/c1-11(17)16-8-6-15(7-9-16)10-12-2-4-13(14)5-3-12/h2-5H,6-10H2,1H3/p+1. The maximum absolute atomic E-state index is 12.8. The zero-order valence-corrected chi connectivity index (χ0v) is 10.1. The van der Waals surface area contributed by atoms with E-state index in [4.69, 9.17) is 0 Å². The monoisotopic (exact) mass is 237 g/mol. The van der Waals surface area contributed by atoms with E-state index < -0.39 is 0 Å². The molecule has 1 amide bonds. The van der Waals surface area contributed by atoms with Crippen molar-refractivity contribution in [1.29, 1.82) is 0 Å². The highest BCUT2D eigenvalue weighted by Crippen LogP contribution is 2.01. The SMILES string of the molecule is CC(=O)N1CC[NH+](Cc2ccc(F)cc2)CC1. The summed E-state index contributed by atoms with van der Waals surface area (Å²) in [6, 6.07) is 6.67. The molecule has 0 aromatic heterocycles. The molecule has 1 heterocycles. The van der Waals surface area contributed by atoms with Gasteiger partial charge in [-0.1, -0.05) is 12.1 Å². The summed E-state index contributed by atoms with van der Waals surface area (Å²) in [4.78, 5) is 14.5. The highest BCUT2D eigenvalue weighted by atomic mass is 19.1.